The molecule has 38 heavy (non-hydrogen) atoms. The number of carbonyl (C=O) groups excluding carboxylic acids is 3. The van der Waals surface area contributed by atoms with Crippen molar-refractivity contribution >= 4 is 23.6 Å². The molecule has 2 heterocycles. The molecule has 206 valence electrons. The molecule has 0 radical (unpaired) electrons. The van der Waals surface area contributed by atoms with E-state index in [2.05, 4.69) is 4.98 Å². The van der Waals surface area contributed by atoms with E-state index < -0.39 is 29.4 Å². The Morgan fingerprint density at radius 3 is 2.16 bits per heavy atom. The van der Waals surface area contributed by atoms with Crippen LogP contribution in [0.1, 0.15) is 38.3 Å². The Morgan fingerprint density at radius 1 is 0.974 bits per heavy atom. The number of anilines is 1. The number of hydrogen-bond acceptors (Lipinski definition) is 10. The van der Waals surface area contributed by atoms with Crippen LogP contribution in [0.4, 0.5) is 5.69 Å². The van der Waals surface area contributed by atoms with Crippen molar-refractivity contribution < 1.29 is 38.1 Å². The standard InChI is InChI=1S/C28H36N2O8/c1-5-34-25(31)28(26(32)35-6-2,27(33)36-7-3)15-24-18-30(12-13-37-24)22-14-23(17-29-16-22)38-19-21-10-8-20(4)9-11-21/h8-11,14,16-17,24H,5-7,12-13,15,18-19H2,1-4H3/t24-/m0/s1. The van der Waals surface area contributed by atoms with Crippen LogP contribution < -0.4 is 9.64 Å². The Kier molecular flexibility index (Phi) is 10.5. The summed E-state index contributed by atoms with van der Waals surface area (Å²) in [6.45, 7) is 8.32. The number of esters is 3. The van der Waals surface area contributed by atoms with E-state index >= 15 is 0 Å². The third kappa shape index (κ3) is 7.00. The highest BCUT2D eigenvalue weighted by Gasteiger charge is 2.59. The van der Waals surface area contributed by atoms with Crippen LogP contribution in [-0.4, -0.2) is 68.5 Å². The number of morpholine rings is 1. The normalized spacial score (nSPS) is 15.5. The number of rotatable bonds is 12. The van der Waals surface area contributed by atoms with Crippen LogP contribution in [0.25, 0.3) is 0 Å². The molecule has 0 bridgehead atoms. The third-order valence-electron chi connectivity index (χ3n) is 6.13. The summed E-state index contributed by atoms with van der Waals surface area (Å²) in [5.41, 5.74) is 0.721. The number of hydrogen-bond donors (Lipinski definition) is 0. The van der Waals surface area contributed by atoms with Gasteiger partial charge in [0.05, 0.1) is 50.6 Å². The van der Waals surface area contributed by atoms with Gasteiger partial charge in [0.15, 0.2) is 0 Å². The van der Waals surface area contributed by atoms with Crippen molar-refractivity contribution in [3.05, 3.63) is 53.9 Å². The zero-order valence-corrected chi connectivity index (χ0v) is 22.4. The van der Waals surface area contributed by atoms with Crippen molar-refractivity contribution in [3.63, 3.8) is 0 Å². The van der Waals surface area contributed by atoms with Crippen molar-refractivity contribution in [2.45, 2.75) is 46.8 Å². The van der Waals surface area contributed by atoms with E-state index in [1.54, 1.807) is 33.2 Å². The molecule has 1 saturated heterocycles. The molecule has 3 rings (SSSR count). The van der Waals surface area contributed by atoms with Gasteiger partial charge in [-0.3, -0.25) is 19.4 Å². The monoisotopic (exact) mass is 528 g/mol. The topological polar surface area (TPSA) is 113 Å². The number of carbonyl (C=O) groups is 3. The van der Waals surface area contributed by atoms with Gasteiger partial charge in [0.2, 0.25) is 0 Å². The van der Waals surface area contributed by atoms with Crippen LogP contribution >= 0.6 is 0 Å². The lowest BCUT2D eigenvalue weighted by Crippen LogP contribution is -2.54. The summed E-state index contributed by atoms with van der Waals surface area (Å²) in [5, 5.41) is 0. The first-order valence-corrected chi connectivity index (χ1v) is 12.9. The van der Waals surface area contributed by atoms with Gasteiger partial charge in [0, 0.05) is 25.6 Å². The Morgan fingerprint density at radius 2 is 1.58 bits per heavy atom. The molecule has 0 aliphatic carbocycles. The predicted octanol–water partition coefficient (Wildman–Crippen LogP) is 3.24. The highest BCUT2D eigenvalue weighted by Crippen LogP contribution is 2.33. The molecule has 1 atom stereocenters. The molecule has 0 saturated carbocycles. The molecule has 0 spiro atoms. The van der Waals surface area contributed by atoms with E-state index in [4.69, 9.17) is 23.7 Å². The maximum atomic E-state index is 13.1. The van der Waals surface area contributed by atoms with Crippen molar-refractivity contribution in [1.29, 1.82) is 0 Å². The highest BCUT2D eigenvalue weighted by molar-refractivity contribution is 6.18. The van der Waals surface area contributed by atoms with E-state index in [1.807, 2.05) is 42.2 Å². The number of nitrogens with zero attached hydrogens (tertiary/aromatic N) is 2. The Labute approximate surface area is 223 Å². The molecular formula is C28H36N2O8. The van der Waals surface area contributed by atoms with Gasteiger partial charge in [-0.05, 0) is 33.3 Å². The van der Waals surface area contributed by atoms with Crippen LogP contribution in [0.5, 0.6) is 5.75 Å². The number of aryl methyl sites for hydroxylation is 1. The maximum absolute atomic E-state index is 13.1. The van der Waals surface area contributed by atoms with Crippen LogP contribution in [0, 0.1) is 12.3 Å². The van der Waals surface area contributed by atoms with Gasteiger partial charge in [-0.1, -0.05) is 29.8 Å². The highest BCUT2D eigenvalue weighted by atomic mass is 16.6. The zero-order chi connectivity index (χ0) is 27.5. The minimum absolute atomic E-state index is 0.0158. The lowest BCUT2D eigenvalue weighted by molar-refractivity contribution is -0.187. The lowest BCUT2D eigenvalue weighted by Gasteiger charge is -2.37. The molecule has 10 nitrogen and oxygen atoms in total. The fourth-order valence-electron chi connectivity index (χ4n) is 4.19. The largest absolute Gasteiger partial charge is 0.487 e. The number of aromatic nitrogens is 1. The van der Waals surface area contributed by atoms with E-state index in [0.29, 0.717) is 32.1 Å². The molecular weight excluding hydrogens is 492 g/mol. The molecule has 1 aliphatic heterocycles. The first kappa shape index (κ1) is 28.9. The van der Waals surface area contributed by atoms with Gasteiger partial charge in [0.25, 0.3) is 5.41 Å². The molecule has 1 aliphatic rings. The van der Waals surface area contributed by atoms with Gasteiger partial charge in [-0.25, -0.2) is 0 Å². The molecule has 2 aromatic rings. The predicted molar refractivity (Wildman–Crippen MR) is 139 cm³/mol. The second-order valence-corrected chi connectivity index (χ2v) is 8.86. The van der Waals surface area contributed by atoms with Gasteiger partial charge in [-0.15, -0.1) is 0 Å². The average Bonchev–Trinajstić information content (AvgIpc) is 2.92. The van der Waals surface area contributed by atoms with E-state index in [-0.39, 0.29) is 26.2 Å². The van der Waals surface area contributed by atoms with E-state index in [9.17, 15) is 14.4 Å². The van der Waals surface area contributed by atoms with Crippen LogP contribution in [0.3, 0.4) is 0 Å². The van der Waals surface area contributed by atoms with Crippen LogP contribution in [0.2, 0.25) is 0 Å². The van der Waals surface area contributed by atoms with Crippen LogP contribution in [-0.2, 0) is 39.9 Å². The number of ether oxygens (including phenoxy) is 5. The number of pyridine rings is 1. The first-order chi connectivity index (χ1) is 18.3. The summed E-state index contributed by atoms with van der Waals surface area (Å²) in [7, 11) is 0. The van der Waals surface area contributed by atoms with Crippen LogP contribution in [0.15, 0.2) is 42.7 Å². The summed E-state index contributed by atoms with van der Waals surface area (Å²) < 4.78 is 27.3. The van der Waals surface area contributed by atoms with Crippen molar-refractivity contribution in [2.75, 3.05) is 44.4 Å². The van der Waals surface area contributed by atoms with Gasteiger partial charge >= 0.3 is 17.9 Å². The summed E-state index contributed by atoms with van der Waals surface area (Å²) in [5.74, 6) is -2.42. The Bertz CT molecular complexity index is 1040. The minimum atomic E-state index is -2.28. The molecule has 10 heteroatoms. The van der Waals surface area contributed by atoms with Gasteiger partial charge in [0.1, 0.15) is 12.4 Å². The molecule has 1 aromatic carbocycles. The van der Waals surface area contributed by atoms with E-state index in [0.717, 1.165) is 11.3 Å². The quantitative estimate of drug-likeness (QED) is 0.231. The first-order valence-electron chi connectivity index (χ1n) is 12.9. The fourth-order valence-corrected chi connectivity index (χ4v) is 4.19. The second-order valence-electron chi connectivity index (χ2n) is 8.86. The van der Waals surface area contributed by atoms with Gasteiger partial charge in [-0.2, -0.15) is 0 Å². The number of benzene rings is 1. The fraction of sp³-hybridized carbons (Fsp3) is 0.500. The summed E-state index contributed by atoms with van der Waals surface area (Å²) in [6, 6.07) is 9.97. The third-order valence-corrected chi connectivity index (χ3v) is 6.13. The Hall–Kier alpha value is -3.66. The summed E-state index contributed by atoms with van der Waals surface area (Å²) in [4.78, 5) is 45.5. The zero-order valence-electron chi connectivity index (χ0n) is 22.4. The smallest absolute Gasteiger partial charge is 0.335 e. The molecule has 0 unspecified atom stereocenters. The van der Waals surface area contributed by atoms with Crippen molar-refractivity contribution in [3.8, 4) is 5.75 Å². The molecule has 1 aromatic heterocycles. The minimum Gasteiger partial charge on any atom is -0.487 e. The van der Waals surface area contributed by atoms with Gasteiger partial charge < -0.3 is 28.6 Å². The SMILES string of the molecule is CCOC(=O)C(C[C@H]1CN(c2cncc(OCc3ccc(C)cc3)c2)CCO1)(C(=O)OCC)C(=O)OCC. The Balaban J connectivity index is 1.78. The summed E-state index contributed by atoms with van der Waals surface area (Å²) in [6.07, 6.45) is 2.40. The molecule has 0 amide bonds. The van der Waals surface area contributed by atoms with E-state index in [1.165, 1.54) is 5.56 Å². The van der Waals surface area contributed by atoms with Crippen molar-refractivity contribution in [2.24, 2.45) is 5.41 Å². The summed E-state index contributed by atoms with van der Waals surface area (Å²) >= 11 is 0. The van der Waals surface area contributed by atoms with Crippen molar-refractivity contribution in [1.82, 2.24) is 4.98 Å². The average molecular weight is 529 g/mol. The second kappa shape index (κ2) is 13.8. The molecule has 0 N–H and O–H groups in total. The lowest BCUT2D eigenvalue weighted by atomic mass is 9.81. The maximum Gasteiger partial charge on any atom is 0.335 e. The molecule has 1 fully saturated rings.